The second-order valence-electron chi connectivity index (χ2n) is 6.99. The number of benzene rings is 2. The van der Waals surface area contributed by atoms with Crippen molar-refractivity contribution in [3.63, 3.8) is 0 Å². The Kier molecular flexibility index (Phi) is 7.09. The molecule has 0 spiro atoms. The normalized spacial score (nSPS) is 12.1. The largest absolute Gasteiger partial charge is 0.493 e. The molecule has 0 unspecified atom stereocenters. The van der Waals surface area contributed by atoms with Crippen molar-refractivity contribution < 1.29 is 31.8 Å². The van der Waals surface area contributed by atoms with Crippen LogP contribution in [-0.2, 0) is 9.84 Å². The summed E-state index contributed by atoms with van der Waals surface area (Å²) in [4.78, 5) is 13.0. The maximum atomic E-state index is 13.3. The summed E-state index contributed by atoms with van der Waals surface area (Å²) in [6.45, 7) is 1.68. The summed E-state index contributed by atoms with van der Waals surface area (Å²) in [5.41, 5.74) is 1.17. The highest BCUT2D eigenvalue weighted by Crippen LogP contribution is 2.38. The van der Waals surface area contributed by atoms with E-state index in [0.717, 1.165) is 5.56 Å². The zero-order valence-electron chi connectivity index (χ0n) is 18.2. The molecule has 3 rings (SSSR count). The average Bonchev–Trinajstić information content (AvgIpc) is 3.32. The molecule has 0 aliphatic heterocycles. The molecule has 9 heteroatoms. The van der Waals surface area contributed by atoms with E-state index in [1.807, 2.05) is 6.92 Å². The van der Waals surface area contributed by atoms with Crippen LogP contribution in [0.3, 0.4) is 0 Å². The lowest BCUT2D eigenvalue weighted by Crippen LogP contribution is -2.31. The van der Waals surface area contributed by atoms with Crippen LogP contribution in [-0.4, -0.2) is 42.2 Å². The summed E-state index contributed by atoms with van der Waals surface area (Å²) in [6, 6.07) is 12.7. The molecule has 170 valence electrons. The van der Waals surface area contributed by atoms with E-state index >= 15 is 0 Å². The summed E-state index contributed by atoms with van der Waals surface area (Å²) in [5.74, 6) is 0.705. The fourth-order valence-electron chi connectivity index (χ4n) is 3.23. The molecule has 1 aromatic heterocycles. The smallest absolute Gasteiger partial charge is 0.251 e. The summed E-state index contributed by atoms with van der Waals surface area (Å²) >= 11 is 0. The quantitative estimate of drug-likeness (QED) is 0.522. The number of methoxy groups -OCH3 is 3. The van der Waals surface area contributed by atoms with Gasteiger partial charge in [0.1, 0.15) is 11.0 Å². The topological polar surface area (TPSA) is 104 Å². The number of hydrogen-bond acceptors (Lipinski definition) is 7. The van der Waals surface area contributed by atoms with Gasteiger partial charge in [-0.3, -0.25) is 4.79 Å². The van der Waals surface area contributed by atoms with Gasteiger partial charge >= 0.3 is 0 Å². The van der Waals surface area contributed by atoms with E-state index < -0.39 is 21.0 Å². The third-order valence-electron chi connectivity index (χ3n) is 4.96. The molecule has 1 N–H and O–H groups in total. The summed E-state index contributed by atoms with van der Waals surface area (Å²) in [5, 5.41) is 1.58. The number of rotatable bonds is 9. The average molecular weight is 460 g/mol. The van der Waals surface area contributed by atoms with Crippen LogP contribution < -0.4 is 19.5 Å². The maximum Gasteiger partial charge on any atom is 0.251 e. The SMILES string of the molecule is COc1cc(C(=O)NC[C@@H](c2ccco2)S(=O)(=O)c2ccc(C)cc2)cc(OC)c1OC. The third-order valence-corrected chi connectivity index (χ3v) is 7.04. The Balaban J connectivity index is 1.89. The van der Waals surface area contributed by atoms with Crippen molar-refractivity contribution in [1.82, 2.24) is 5.32 Å². The second kappa shape index (κ2) is 9.78. The van der Waals surface area contributed by atoms with E-state index in [2.05, 4.69) is 5.32 Å². The number of hydrogen-bond donors (Lipinski definition) is 1. The molecule has 2 aromatic carbocycles. The van der Waals surface area contributed by atoms with Gasteiger partial charge in [-0.05, 0) is 43.3 Å². The summed E-state index contributed by atoms with van der Waals surface area (Å²) < 4.78 is 47.8. The molecule has 0 bridgehead atoms. The van der Waals surface area contributed by atoms with Gasteiger partial charge in [0, 0.05) is 12.1 Å². The number of sulfone groups is 1. The molecule has 8 nitrogen and oxygen atoms in total. The molecule has 0 radical (unpaired) electrons. The molecule has 1 amide bonds. The number of aryl methyl sites for hydroxylation is 1. The Labute approximate surface area is 187 Å². The Morgan fingerprint density at radius 1 is 1.00 bits per heavy atom. The van der Waals surface area contributed by atoms with Gasteiger partial charge in [-0.25, -0.2) is 8.42 Å². The first-order chi connectivity index (χ1) is 15.3. The molecular formula is C23H25NO7S. The van der Waals surface area contributed by atoms with Crippen molar-refractivity contribution in [2.45, 2.75) is 17.1 Å². The third kappa shape index (κ3) is 4.72. The molecule has 0 saturated heterocycles. The molecule has 0 aliphatic rings. The molecule has 0 aliphatic carbocycles. The van der Waals surface area contributed by atoms with Crippen molar-refractivity contribution in [3.8, 4) is 17.2 Å². The van der Waals surface area contributed by atoms with E-state index in [-0.39, 0.29) is 22.8 Å². The minimum absolute atomic E-state index is 0.145. The molecule has 1 heterocycles. The number of furan rings is 1. The van der Waals surface area contributed by atoms with Gasteiger partial charge in [0.2, 0.25) is 5.75 Å². The predicted octanol–water partition coefficient (Wildman–Crippen LogP) is 3.56. The van der Waals surface area contributed by atoms with Crippen LogP contribution in [0.15, 0.2) is 64.1 Å². The van der Waals surface area contributed by atoms with Crippen molar-refractivity contribution in [1.29, 1.82) is 0 Å². The van der Waals surface area contributed by atoms with Crippen molar-refractivity contribution in [2.24, 2.45) is 0 Å². The van der Waals surface area contributed by atoms with Crippen molar-refractivity contribution in [3.05, 3.63) is 71.7 Å². The highest BCUT2D eigenvalue weighted by atomic mass is 32.2. The van der Waals surface area contributed by atoms with Crippen LogP contribution in [0, 0.1) is 6.92 Å². The first-order valence-corrected chi connectivity index (χ1v) is 11.3. The van der Waals surface area contributed by atoms with Crippen LogP contribution in [0.4, 0.5) is 0 Å². The van der Waals surface area contributed by atoms with Crippen molar-refractivity contribution >= 4 is 15.7 Å². The van der Waals surface area contributed by atoms with Gasteiger partial charge in [0.05, 0.1) is 32.5 Å². The fraction of sp³-hybridized carbons (Fsp3) is 0.261. The van der Waals surface area contributed by atoms with Crippen molar-refractivity contribution in [2.75, 3.05) is 27.9 Å². The zero-order chi connectivity index (χ0) is 23.3. The van der Waals surface area contributed by atoms with Crippen LogP contribution in [0.5, 0.6) is 17.2 Å². The molecule has 3 aromatic rings. The lowest BCUT2D eigenvalue weighted by molar-refractivity contribution is 0.0952. The second-order valence-corrected chi connectivity index (χ2v) is 9.12. The minimum Gasteiger partial charge on any atom is -0.493 e. The van der Waals surface area contributed by atoms with Crippen LogP contribution >= 0.6 is 0 Å². The Morgan fingerprint density at radius 2 is 1.62 bits per heavy atom. The number of ether oxygens (including phenoxy) is 3. The lowest BCUT2D eigenvalue weighted by Gasteiger charge is -2.18. The van der Waals surface area contributed by atoms with Gasteiger partial charge in [-0.15, -0.1) is 0 Å². The minimum atomic E-state index is -3.83. The highest BCUT2D eigenvalue weighted by Gasteiger charge is 2.32. The van der Waals surface area contributed by atoms with E-state index in [9.17, 15) is 13.2 Å². The number of nitrogens with one attached hydrogen (secondary N) is 1. The first-order valence-electron chi connectivity index (χ1n) is 9.74. The Hall–Kier alpha value is -3.46. The van der Waals surface area contributed by atoms with E-state index in [4.69, 9.17) is 18.6 Å². The number of carbonyl (C=O) groups excluding carboxylic acids is 1. The van der Waals surface area contributed by atoms with Crippen LogP contribution in [0.25, 0.3) is 0 Å². The van der Waals surface area contributed by atoms with E-state index in [1.165, 1.54) is 39.7 Å². The molecule has 0 fully saturated rings. The van der Waals surface area contributed by atoms with Crippen LogP contribution in [0.2, 0.25) is 0 Å². The highest BCUT2D eigenvalue weighted by molar-refractivity contribution is 7.91. The number of carbonyl (C=O) groups is 1. The van der Waals surface area contributed by atoms with Gasteiger partial charge < -0.3 is 23.9 Å². The van der Waals surface area contributed by atoms with Gasteiger partial charge in [0.25, 0.3) is 5.91 Å². The van der Waals surface area contributed by atoms with Gasteiger partial charge in [0.15, 0.2) is 21.3 Å². The van der Waals surface area contributed by atoms with Gasteiger partial charge in [-0.1, -0.05) is 17.7 Å². The molecule has 0 saturated carbocycles. The summed E-state index contributed by atoms with van der Waals surface area (Å²) in [7, 11) is 0.519. The number of amides is 1. The monoisotopic (exact) mass is 459 g/mol. The Bertz CT molecular complexity index is 1140. The fourth-order valence-corrected chi connectivity index (χ4v) is 4.82. The van der Waals surface area contributed by atoms with Crippen LogP contribution in [0.1, 0.15) is 26.9 Å². The first kappa shape index (κ1) is 23.2. The zero-order valence-corrected chi connectivity index (χ0v) is 19.1. The standard InChI is InChI=1S/C23H25NO7S/c1-15-7-9-17(10-8-15)32(26,27)21(18-6-5-11-31-18)14-24-23(25)16-12-19(28-2)22(30-4)20(13-16)29-3/h5-13,21H,14H2,1-4H3,(H,24,25)/t21-/m0/s1. The molecular weight excluding hydrogens is 434 g/mol. The Morgan fingerprint density at radius 3 is 2.12 bits per heavy atom. The predicted molar refractivity (Wildman–Crippen MR) is 118 cm³/mol. The maximum absolute atomic E-state index is 13.3. The summed E-state index contributed by atoms with van der Waals surface area (Å²) in [6.07, 6.45) is 1.40. The van der Waals surface area contributed by atoms with Gasteiger partial charge in [-0.2, -0.15) is 0 Å². The molecule has 32 heavy (non-hydrogen) atoms. The van der Waals surface area contributed by atoms with E-state index in [0.29, 0.717) is 17.2 Å². The molecule has 1 atom stereocenters. The van der Waals surface area contributed by atoms with E-state index in [1.54, 1.807) is 36.4 Å². The lowest BCUT2D eigenvalue weighted by atomic mass is 10.1.